The lowest BCUT2D eigenvalue weighted by Gasteiger charge is -2.11. The van der Waals surface area contributed by atoms with Gasteiger partial charge in [0.25, 0.3) is 0 Å². The minimum absolute atomic E-state index is 0.518. The maximum atomic E-state index is 6.28. The van der Waals surface area contributed by atoms with Gasteiger partial charge in [-0.2, -0.15) is 0 Å². The van der Waals surface area contributed by atoms with E-state index in [4.69, 9.17) is 51.1 Å². The quantitative estimate of drug-likeness (QED) is 0.451. The molecule has 0 aliphatic rings. The number of hydrogen-bond donors (Lipinski definition) is 0. The van der Waals surface area contributed by atoms with Crippen LogP contribution < -0.4 is 4.74 Å². The standard InChI is InChI=1S/C17H10Cl4O/c1-9-2-13(22-14-4-10(18)3-11(19)5-14)8-16-15(9)6-12(20)7-17(16)21/h2-8H,1H3. The molecule has 0 saturated heterocycles. The predicted octanol–water partition coefficient (Wildman–Crippen LogP) is 7.55. The molecule has 3 aromatic rings. The third kappa shape index (κ3) is 3.28. The summed E-state index contributed by atoms with van der Waals surface area (Å²) in [4.78, 5) is 0. The number of rotatable bonds is 2. The summed E-state index contributed by atoms with van der Waals surface area (Å²) < 4.78 is 5.85. The molecule has 0 aliphatic carbocycles. The molecule has 0 atom stereocenters. The maximum absolute atomic E-state index is 6.28. The third-order valence-corrected chi connectivity index (χ3v) is 4.20. The Labute approximate surface area is 148 Å². The minimum Gasteiger partial charge on any atom is -0.457 e. The zero-order chi connectivity index (χ0) is 15.9. The van der Waals surface area contributed by atoms with Crippen molar-refractivity contribution in [3.63, 3.8) is 0 Å². The van der Waals surface area contributed by atoms with E-state index in [0.717, 1.165) is 16.3 Å². The first-order valence-corrected chi connectivity index (χ1v) is 7.97. The lowest BCUT2D eigenvalue weighted by molar-refractivity contribution is 0.483. The van der Waals surface area contributed by atoms with Crippen molar-refractivity contribution in [3.8, 4) is 11.5 Å². The molecule has 3 rings (SSSR count). The smallest absolute Gasteiger partial charge is 0.130 e. The molecule has 0 fully saturated rings. The average molecular weight is 372 g/mol. The van der Waals surface area contributed by atoms with E-state index in [-0.39, 0.29) is 0 Å². The van der Waals surface area contributed by atoms with E-state index in [0.29, 0.717) is 31.6 Å². The van der Waals surface area contributed by atoms with Crippen molar-refractivity contribution in [2.24, 2.45) is 0 Å². The van der Waals surface area contributed by atoms with Gasteiger partial charge in [-0.05, 0) is 60.3 Å². The van der Waals surface area contributed by atoms with Gasteiger partial charge < -0.3 is 4.74 Å². The lowest BCUT2D eigenvalue weighted by atomic mass is 10.1. The molecule has 0 amide bonds. The van der Waals surface area contributed by atoms with Gasteiger partial charge in [-0.3, -0.25) is 0 Å². The maximum Gasteiger partial charge on any atom is 0.130 e. The number of halogens is 4. The van der Waals surface area contributed by atoms with Crippen LogP contribution in [-0.4, -0.2) is 0 Å². The van der Waals surface area contributed by atoms with Crippen molar-refractivity contribution in [1.82, 2.24) is 0 Å². The molecular formula is C17H10Cl4O. The van der Waals surface area contributed by atoms with Crippen molar-refractivity contribution in [2.75, 3.05) is 0 Å². The predicted molar refractivity (Wildman–Crippen MR) is 95.2 cm³/mol. The van der Waals surface area contributed by atoms with Crippen molar-refractivity contribution >= 4 is 57.2 Å². The summed E-state index contributed by atoms with van der Waals surface area (Å²) in [5, 5.41) is 4.11. The van der Waals surface area contributed by atoms with E-state index < -0.39 is 0 Å². The second-order valence-electron chi connectivity index (χ2n) is 4.93. The minimum atomic E-state index is 0.518. The molecule has 0 aliphatic heterocycles. The first-order valence-electron chi connectivity index (χ1n) is 6.46. The molecule has 0 spiro atoms. The van der Waals surface area contributed by atoms with Gasteiger partial charge in [0.1, 0.15) is 11.5 Å². The summed E-state index contributed by atoms with van der Waals surface area (Å²) >= 11 is 24.3. The highest BCUT2D eigenvalue weighted by atomic mass is 35.5. The SMILES string of the molecule is Cc1cc(Oc2cc(Cl)cc(Cl)c2)cc2c(Cl)cc(Cl)cc12. The van der Waals surface area contributed by atoms with Gasteiger partial charge in [-0.25, -0.2) is 0 Å². The Hall–Kier alpha value is -1.12. The largest absolute Gasteiger partial charge is 0.457 e. The first-order chi connectivity index (χ1) is 10.4. The summed E-state index contributed by atoms with van der Waals surface area (Å²) in [6, 6.07) is 12.5. The van der Waals surface area contributed by atoms with E-state index in [1.54, 1.807) is 24.3 Å². The zero-order valence-corrected chi connectivity index (χ0v) is 14.5. The molecule has 0 aromatic heterocycles. The summed E-state index contributed by atoms with van der Waals surface area (Å²) in [6.07, 6.45) is 0. The summed E-state index contributed by atoms with van der Waals surface area (Å²) in [5.74, 6) is 1.23. The Kier molecular flexibility index (Phi) is 4.42. The Bertz CT molecular complexity index is 854. The van der Waals surface area contributed by atoms with Gasteiger partial charge in [0.2, 0.25) is 0 Å². The molecule has 0 saturated carbocycles. The molecule has 112 valence electrons. The van der Waals surface area contributed by atoms with Gasteiger partial charge in [-0.15, -0.1) is 0 Å². The Balaban J connectivity index is 2.08. The van der Waals surface area contributed by atoms with Gasteiger partial charge in [0, 0.05) is 20.5 Å². The van der Waals surface area contributed by atoms with Gasteiger partial charge in [0.05, 0.1) is 5.02 Å². The Morgan fingerprint density at radius 3 is 1.91 bits per heavy atom. The normalized spacial score (nSPS) is 11.0. The molecule has 0 heterocycles. The molecule has 0 radical (unpaired) electrons. The topological polar surface area (TPSA) is 9.23 Å². The monoisotopic (exact) mass is 370 g/mol. The van der Waals surface area contributed by atoms with E-state index >= 15 is 0 Å². The highest BCUT2D eigenvalue weighted by molar-refractivity contribution is 6.38. The van der Waals surface area contributed by atoms with E-state index in [9.17, 15) is 0 Å². The highest BCUT2D eigenvalue weighted by Crippen LogP contribution is 2.35. The molecule has 22 heavy (non-hydrogen) atoms. The fourth-order valence-corrected chi connectivity index (χ4v) is 3.37. The van der Waals surface area contributed by atoms with Crippen molar-refractivity contribution in [1.29, 1.82) is 0 Å². The van der Waals surface area contributed by atoms with Crippen LogP contribution in [0.15, 0.2) is 42.5 Å². The van der Waals surface area contributed by atoms with Crippen LogP contribution in [0.3, 0.4) is 0 Å². The van der Waals surface area contributed by atoms with Crippen molar-refractivity contribution in [3.05, 3.63) is 68.1 Å². The molecule has 3 aromatic carbocycles. The van der Waals surface area contributed by atoms with Crippen LogP contribution in [0, 0.1) is 6.92 Å². The van der Waals surface area contributed by atoms with Gasteiger partial charge in [-0.1, -0.05) is 46.4 Å². The van der Waals surface area contributed by atoms with Crippen molar-refractivity contribution in [2.45, 2.75) is 6.92 Å². The van der Waals surface area contributed by atoms with E-state index in [1.807, 2.05) is 25.1 Å². The lowest BCUT2D eigenvalue weighted by Crippen LogP contribution is -1.88. The van der Waals surface area contributed by atoms with E-state index in [2.05, 4.69) is 0 Å². The zero-order valence-electron chi connectivity index (χ0n) is 11.5. The second-order valence-corrected chi connectivity index (χ2v) is 6.65. The molecule has 0 bridgehead atoms. The number of aryl methyl sites for hydroxylation is 1. The fraction of sp³-hybridized carbons (Fsp3) is 0.0588. The molecule has 5 heteroatoms. The van der Waals surface area contributed by atoms with Crippen LogP contribution >= 0.6 is 46.4 Å². The summed E-state index contributed by atoms with van der Waals surface area (Å²) in [5.41, 5.74) is 1.02. The Morgan fingerprint density at radius 2 is 1.23 bits per heavy atom. The number of ether oxygens (including phenoxy) is 1. The van der Waals surface area contributed by atoms with Crippen molar-refractivity contribution < 1.29 is 4.74 Å². The average Bonchev–Trinajstić information content (AvgIpc) is 2.39. The van der Waals surface area contributed by atoms with Crippen LogP contribution in [0.2, 0.25) is 20.1 Å². The number of hydrogen-bond acceptors (Lipinski definition) is 1. The van der Waals surface area contributed by atoms with Crippen LogP contribution in [0.4, 0.5) is 0 Å². The summed E-state index contributed by atoms with van der Waals surface area (Å²) in [7, 11) is 0. The van der Waals surface area contributed by atoms with Crippen LogP contribution in [0.5, 0.6) is 11.5 Å². The van der Waals surface area contributed by atoms with Gasteiger partial charge >= 0.3 is 0 Å². The van der Waals surface area contributed by atoms with Crippen LogP contribution in [-0.2, 0) is 0 Å². The third-order valence-electron chi connectivity index (χ3n) is 3.24. The molecular weight excluding hydrogens is 362 g/mol. The second kappa shape index (κ2) is 6.17. The van der Waals surface area contributed by atoms with Gasteiger partial charge in [0.15, 0.2) is 0 Å². The molecule has 0 N–H and O–H groups in total. The molecule has 1 nitrogen and oxygen atoms in total. The van der Waals surface area contributed by atoms with Crippen LogP contribution in [0.1, 0.15) is 5.56 Å². The first kappa shape index (κ1) is 15.8. The summed E-state index contributed by atoms with van der Waals surface area (Å²) in [6.45, 7) is 1.98. The van der Waals surface area contributed by atoms with Crippen LogP contribution in [0.25, 0.3) is 10.8 Å². The molecule has 0 unspecified atom stereocenters. The highest BCUT2D eigenvalue weighted by Gasteiger charge is 2.08. The fourth-order valence-electron chi connectivity index (χ4n) is 2.32. The Morgan fingerprint density at radius 1 is 0.636 bits per heavy atom. The van der Waals surface area contributed by atoms with E-state index in [1.165, 1.54) is 0 Å². The number of fused-ring (bicyclic) bond motifs is 1. The number of benzene rings is 3.